The fourth-order valence-corrected chi connectivity index (χ4v) is 6.08. The molecule has 2 fully saturated rings. The van der Waals surface area contributed by atoms with E-state index in [9.17, 15) is 18.3 Å². The molecule has 1 aliphatic carbocycles. The predicted molar refractivity (Wildman–Crippen MR) is 97.0 cm³/mol. The molecule has 1 N–H and O–H groups in total. The second-order valence-electron chi connectivity index (χ2n) is 7.23. The third-order valence-electron chi connectivity index (χ3n) is 5.52. The Morgan fingerprint density at radius 2 is 1.88 bits per heavy atom. The molecular weight excluding hydrogens is 354 g/mol. The number of ether oxygens (including phenoxy) is 1. The normalized spacial score (nSPS) is 29.8. The van der Waals surface area contributed by atoms with E-state index >= 15 is 0 Å². The summed E-state index contributed by atoms with van der Waals surface area (Å²) in [6.45, 7) is 3.80. The first-order valence-electron chi connectivity index (χ1n) is 9.31. The SMILES string of the molecule is CCOC(=O)[C@H]1C[C@H]2[C@@H](O)CCCC[C@@H]2N1S(=O)(=O)c1ccc(C)cc1. The lowest BCUT2D eigenvalue weighted by molar-refractivity contribution is -0.147. The van der Waals surface area contributed by atoms with Gasteiger partial charge in [-0.25, -0.2) is 8.42 Å². The topological polar surface area (TPSA) is 83.9 Å². The van der Waals surface area contributed by atoms with Gasteiger partial charge in [0.1, 0.15) is 6.04 Å². The van der Waals surface area contributed by atoms with Gasteiger partial charge in [0.25, 0.3) is 0 Å². The van der Waals surface area contributed by atoms with E-state index in [1.807, 2.05) is 6.92 Å². The summed E-state index contributed by atoms with van der Waals surface area (Å²) in [6, 6.07) is 5.42. The van der Waals surface area contributed by atoms with Gasteiger partial charge in [-0.3, -0.25) is 4.79 Å². The number of fused-ring (bicyclic) bond motifs is 1. The molecule has 0 aromatic heterocycles. The molecule has 1 saturated carbocycles. The van der Waals surface area contributed by atoms with Gasteiger partial charge in [-0.1, -0.05) is 30.5 Å². The number of hydrogen-bond acceptors (Lipinski definition) is 5. The van der Waals surface area contributed by atoms with Crippen molar-refractivity contribution in [2.75, 3.05) is 6.61 Å². The van der Waals surface area contributed by atoms with Crippen LogP contribution in [-0.4, -0.2) is 48.6 Å². The Balaban J connectivity index is 2.03. The van der Waals surface area contributed by atoms with E-state index in [2.05, 4.69) is 0 Å². The van der Waals surface area contributed by atoms with Gasteiger partial charge in [-0.15, -0.1) is 0 Å². The van der Waals surface area contributed by atoms with Gasteiger partial charge in [-0.2, -0.15) is 4.31 Å². The molecule has 144 valence electrons. The zero-order chi connectivity index (χ0) is 18.9. The van der Waals surface area contributed by atoms with Crippen molar-refractivity contribution in [3.8, 4) is 0 Å². The van der Waals surface area contributed by atoms with E-state index in [-0.39, 0.29) is 23.5 Å². The van der Waals surface area contributed by atoms with Crippen LogP contribution in [0, 0.1) is 12.8 Å². The van der Waals surface area contributed by atoms with Crippen LogP contribution in [0.4, 0.5) is 0 Å². The summed E-state index contributed by atoms with van der Waals surface area (Å²) in [7, 11) is -3.86. The lowest BCUT2D eigenvalue weighted by atomic mass is 9.92. The molecule has 0 bridgehead atoms. The van der Waals surface area contributed by atoms with Crippen LogP contribution in [0.5, 0.6) is 0 Å². The molecule has 26 heavy (non-hydrogen) atoms. The highest BCUT2D eigenvalue weighted by Crippen LogP contribution is 2.42. The summed E-state index contributed by atoms with van der Waals surface area (Å²) in [5, 5.41) is 10.5. The number of rotatable bonds is 4. The number of carbonyl (C=O) groups excluding carboxylic acids is 1. The van der Waals surface area contributed by atoms with Crippen molar-refractivity contribution in [1.29, 1.82) is 0 Å². The van der Waals surface area contributed by atoms with Gasteiger partial charge < -0.3 is 9.84 Å². The number of aryl methyl sites for hydroxylation is 1. The van der Waals surface area contributed by atoms with Crippen molar-refractivity contribution in [3.05, 3.63) is 29.8 Å². The fraction of sp³-hybridized carbons (Fsp3) is 0.632. The summed E-state index contributed by atoms with van der Waals surface area (Å²) in [4.78, 5) is 12.7. The molecule has 1 aromatic carbocycles. The zero-order valence-corrected chi connectivity index (χ0v) is 16.1. The van der Waals surface area contributed by atoms with Crippen molar-refractivity contribution in [2.45, 2.75) is 69.0 Å². The van der Waals surface area contributed by atoms with Gasteiger partial charge in [0.15, 0.2) is 0 Å². The summed E-state index contributed by atoms with van der Waals surface area (Å²) in [5.41, 5.74) is 0.968. The van der Waals surface area contributed by atoms with Crippen LogP contribution in [-0.2, 0) is 19.6 Å². The third kappa shape index (κ3) is 3.52. The van der Waals surface area contributed by atoms with Crippen molar-refractivity contribution in [1.82, 2.24) is 4.31 Å². The summed E-state index contributed by atoms with van der Waals surface area (Å²) < 4.78 is 33.2. The molecule has 2 aliphatic rings. The van der Waals surface area contributed by atoms with Crippen molar-refractivity contribution >= 4 is 16.0 Å². The number of carbonyl (C=O) groups is 1. The fourth-order valence-electron chi connectivity index (χ4n) is 4.23. The first-order chi connectivity index (χ1) is 12.4. The minimum absolute atomic E-state index is 0.178. The molecule has 1 heterocycles. The Labute approximate surface area is 155 Å². The Morgan fingerprint density at radius 3 is 2.54 bits per heavy atom. The minimum Gasteiger partial charge on any atom is -0.465 e. The molecule has 1 saturated heterocycles. The maximum Gasteiger partial charge on any atom is 0.324 e. The van der Waals surface area contributed by atoms with Gasteiger partial charge in [0.2, 0.25) is 10.0 Å². The number of aliphatic hydroxyl groups is 1. The maximum atomic E-state index is 13.4. The van der Waals surface area contributed by atoms with Crippen LogP contribution >= 0.6 is 0 Å². The van der Waals surface area contributed by atoms with Gasteiger partial charge in [-0.05, 0) is 45.2 Å². The Bertz CT molecular complexity index is 746. The van der Waals surface area contributed by atoms with Crippen LogP contribution in [0.3, 0.4) is 0 Å². The lowest BCUT2D eigenvalue weighted by Crippen LogP contribution is -2.46. The summed E-state index contributed by atoms with van der Waals surface area (Å²) in [6.07, 6.45) is 2.75. The smallest absolute Gasteiger partial charge is 0.324 e. The van der Waals surface area contributed by atoms with Gasteiger partial charge in [0, 0.05) is 12.0 Å². The molecule has 3 rings (SSSR count). The number of aliphatic hydroxyl groups excluding tert-OH is 1. The largest absolute Gasteiger partial charge is 0.465 e. The highest BCUT2D eigenvalue weighted by atomic mass is 32.2. The van der Waals surface area contributed by atoms with E-state index < -0.39 is 28.1 Å². The van der Waals surface area contributed by atoms with Crippen LogP contribution in [0.15, 0.2) is 29.2 Å². The molecule has 0 amide bonds. The van der Waals surface area contributed by atoms with Gasteiger partial charge >= 0.3 is 5.97 Å². The zero-order valence-electron chi connectivity index (χ0n) is 15.3. The average Bonchev–Trinajstić information content (AvgIpc) is 2.91. The van der Waals surface area contributed by atoms with Crippen molar-refractivity contribution < 1.29 is 23.1 Å². The Kier molecular flexibility index (Phi) is 5.69. The second kappa shape index (κ2) is 7.66. The second-order valence-corrected chi connectivity index (χ2v) is 9.08. The number of nitrogens with zero attached hydrogens (tertiary/aromatic N) is 1. The third-order valence-corrected chi connectivity index (χ3v) is 7.47. The maximum absolute atomic E-state index is 13.4. The molecule has 0 unspecified atom stereocenters. The Hall–Kier alpha value is -1.44. The molecule has 6 nitrogen and oxygen atoms in total. The Morgan fingerprint density at radius 1 is 1.23 bits per heavy atom. The van der Waals surface area contributed by atoms with Gasteiger partial charge in [0.05, 0.1) is 17.6 Å². The van der Waals surface area contributed by atoms with E-state index in [0.29, 0.717) is 19.3 Å². The van der Waals surface area contributed by atoms with E-state index in [4.69, 9.17) is 4.74 Å². The summed E-state index contributed by atoms with van der Waals surface area (Å²) >= 11 is 0. The molecule has 1 aromatic rings. The number of sulfonamides is 1. The van der Waals surface area contributed by atoms with Crippen LogP contribution < -0.4 is 0 Å². The number of hydrogen-bond donors (Lipinski definition) is 1. The standard InChI is InChI=1S/C19H27NO5S/c1-3-25-19(22)17-12-15-16(6-4-5-7-18(15)21)20(17)26(23,24)14-10-8-13(2)9-11-14/h8-11,15-18,21H,3-7,12H2,1-2H3/t15-,16+,17-,18+/m1/s1. The molecule has 1 aliphatic heterocycles. The van der Waals surface area contributed by atoms with E-state index in [1.54, 1.807) is 31.2 Å². The first kappa shape index (κ1) is 19.3. The van der Waals surface area contributed by atoms with Crippen LogP contribution in [0.1, 0.15) is 44.6 Å². The van der Waals surface area contributed by atoms with Crippen molar-refractivity contribution in [3.63, 3.8) is 0 Å². The minimum atomic E-state index is -3.86. The molecule has 0 spiro atoms. The number of esters is 1. The number of benzene rings is 1. The average molecular weight is 381 g/mol. The lowest BCUT2D eigenvalue weighted by Gasteiger charge is -2.30. The molecule has 4 atom stereocenters. The molecule has 7 heteroatoms. The monoisotopic (exact) mass is 381 g/mol. The quantitative estimate of drug-likeness (QED) is 0.809. The highest BCUT2D eigenvalue weighted by Gasteiger charge is 2.53. The highest BCUT2D eigenvalue weighted by molar-refractivity contribution is 7.89. The van der Waals surface area contributed by atoms with Crippen molar-refractivity contribution in [2.24, 2.45) is 5.92 Å². The predicted octanol–water partition coefficient (Wildman–Crippen LogP) is 2.24. The molecule has 0 radical (unpaired) electrons. The van der Waals surface area contributed by atoms with E-state index in [0.717, 1.165) is 18.4 Å². The molecular formula is C19H27NO5S. The van der Waals surface area contributed by atoms with Crippen LogP contribution in [0.2, 0.25) is 0 Å². The summed E-state index contributed by atoms with van der Waals surface area (Å²) in [5.74, 6) is -0.754. The van der Waals surface area contributed by atoms with Crippen LogP contribution in [0.25, 0.3) is 0 Å². The van der Waals surface area contributed by atoms with E-state index in [1.165, 1.54) is 4.31 Å². The first-order valence-corrected chi connectivity index (χ1v) is 10.7.